The second-order valence-corrected chi connectivity index (χ2v) is 6.10. The van der Waals surface area contributed by atoms with Crippen LogP contribution in [0.2, 0.25) is 0 Å². The van der Waals surface area contributed by atoms with Crippen LogP contribution in [0.1, 0.15) is 44.5 Å². The summed E-state index contributed by atoms with van der Waals surface area (Å²) < 4.78 is 39.0. The molecular weight excluding hydrogens is 337 g/mol. The lowest BCUT2D eigenvalue weighted by atomic mass is 9.93. The highest BCUT2D eigenvalue weighted by atomic mass is 79.9. The topological polar surface area (TPSA) is 38.0 Å². The summed E-state index contributed by atoms with van der Waals surface area (Å²) in [7, 11) is 0. The van der Waals surface area contributed by atoms with Crippen LogP contribution >= 0.6 is 15.9 Å². The standard InChI is InChI=1S/C13H20BrF3N2O/c1-4-19-10(11(14)9(2)18-19)8-12(3,20)6-5-7-13(15,16)17/h20H,4-8H2,1-3H3. The van der Waals surface area contributed by atoms with Crippen LogP contribution in [-0.2, 0) is 13.0 Å². The van der Waals surface area contributed by atoms with Gasteiger partial charge in [0.2, 0.25) is 0 Å². The monoisotopic (exact) mass is 356 g/mol. The van der Waals surface area contributed by atoms with Gasteiger partial charge in [0.1, 0.15) is 0 Å². The van der Waals surface area contributed by atoms with E-state index in [9.17, 15) is 18.3 Å². The Balaban J connectivity index is 2.71. The molecule has 0 saturated heterocycles. The molecule has 0 radical (unpaired) electrons. The van der Waals surface area contributed by atoms with Crippen LogP contribution in [0.5, 0.6) is 0 Å². The first kappa shape index (κ1) is 17.5. The zero-order valence-electron chi connectivity index (χ0n) is 11.9. The summed E-state index contributed by atoms with van der Waals surface area (Å²) in [5.41, 5.74) is 0.461. The predicted molar refractivity (Wildman–Crippen MR) is 74.6 cm³/mol. The number of hydrogen-bond acceptors (Lipinski definition) is 2. The van der Waals surface area contributed by atoms with Gasteiger partial charge in [-0.25, -0.2) is 0 Å². The maximum atomic E-state index is 12.1. The van der Waals surface area contributed by atoms with E-state index in [0.29, 0.717) is 6.54 Å². The molecule has 20 heavy (non-hydrogen) atoms. The average molecular weight is 357 g/mol. The van der Waals surface area contributed by atoms with Gasteiger partial charge >= 0.3 is 6.18 Å². The highest BCUT2D eigenvalue weighted by molar-refractivity contribution is 9.10. The number of nitrogens with zero attached hydrogens (tertiary/aromatic N) is 2. The van der Waals surface area contributed by atoms with Crippen LogP contribution in [0.3, 0.4) is 0 Å². The Hall–Kier alpha value is -0.560. The molecule has 1 aromatic heterocycles. The molecule has 1 aromatic rings. The molecule has 0 saturated carbocycles. The fraction of sp³-hybridized carbons (Fsp3) is 0.769. The van der Waals surface area contributed by atoms with Gasteiger partial charge in [0.25, 0.3) is 0 Å². The molecule has 0 aliphatic carbocycles. The molecule has 1 rings (SSSR count). The van der Waals surface area contributed by atoms with Gasteiger partial charge in [0, 0.05) is 19.4 Å². The summed E-state index contributed by atoms with van der Waals surface area (Å²) in [6, 6.07) is 0. The minimum absolute atomic E-state index is 0.0760. The first-order valence-corrected chi connectivity index (χ1v) is 7.36. The van der Waals surface area contributed by atoms with Gasteiger partial charge in [0.15, 0.2) is 0 Å². The fourth-order valence-electron chi connectivity index (χ4n) is 2.16. The molecule has 0 aliphatic rings. The van der Waals surface area contributed by atoms with Gasteiger partial charge < -0.3 is 5.11 Å². The van der Waals surface area contributed by atoms with E-state index < -0.39 is 18.2 Å². The van der Waals surface area contributed by atoms with Crippen LogP contribution in [0, 0.1) is 6.92 Å². The van der Waals surface area contributed by atoms with E-state index >= 15 is 0 Å². The third-order valence-electron chi connectivity index (χ3n) is 3.18. The number of hydrogen-bond donors (Lipinski definition) is 1. The molecule has 0 bridgehead atoms. The van der Waals surface area contributed by atoms with Crippen molar-refractivity contribution >= 4 is 15.9 Å². The second kappa shape index (κ2) is 6.47. The zero-order chi connectivity index (χ0) is 15.6. The summed E-state index contributed by atoms with van der Waals surface area (Å²) >= 11 is 3.42. The summed E-state index contributed by atoms with van der Waals surface area (Å²) in [6.07, 6.45) is -4.73. The Morgan fingerprint density at radius 1 is 1.30 bits per heavy atom. The number of alkyl halides is 3. The summed E-state index contributed by atoms with van der Waals surface area (Å²) in [5.74, 6) is 0. The van der Waals surface area contributed by atoms with E-state index in [0.717, 1.165) is 15.9 Å². The lowest BCUT2D eigenvalue weighted by Crippen LogP contribution is -2.29. The molecule has 0 aliphatic heterocycles. The minimum atomic E-state index is -4.17. The third-order valence-corrected chi connectivity index (χ3v) is 4.21. The van der Waals surface area contributed by atoms with Crippen molar-refractivity contribution in [3.05, 3.63) is 15.9 Å². The minimum Gasteiger partial charge on any atom is -0.390 e. The molecule has 0 spiro atoms. The van der Waals surface area contributed by atoms with E-state index in [4.69, 9.17) is 0 Å². The Kier molecular flexibility index (Phi) is 5.66. The summed E-state index contributed by atoms with van der Waals surface area (Å²) in [4.78, 5) is 0. The number of rotatable bonds is 6. The third kappa shape index (κ3) is 5.09. The summed E-state index contributed by atoms with van der Waals surface area (Å²) in [6.45, 7) is 6.00. The van der Waals surface area contributed by atoms with E-state index in [1.54, 1.807) is 11.6 Å². The molecular formula is C13H20BrF3N2O. The maximum Gasteiger partial charge on any atom is 0.389 e. The fourth-order valence-corrected chi connectivity index (χ4v) is 2.58. The molecule has 0 fully saturated rings. The van der Waals surface area contributed by atoms with Crippen molar-refractivity contribution in [2.24, 2.45) is 0 Å². The molecule has 1 N–H and O–H groups in total. The normalized spacial score (nSPS) is 15.4. The number of aliphatic hydroxyl groups is 1. The largest absolute Gasteiger partial charge is 0.390 e. The summed E-state index contributed by atoms with van der Waals surface area (Å²) in [5, 5.41) is 14.6. The molecule has 1 unspecified atom stereocenters. The Bertz CT molecular complexity index is 455. The Morgan fingerprint density at radius 3 is 2.40 bits per heavy atom. The number of aromatic nitrogens is 2. The van der Waals surface area contributed by atoms with Crippen molar-refractivity contribution in [3.63, 3.8) is 0 Å². The molecule has 3 nitrogen and oxygen atoms in total. The van der Waals surface area contributed by atoms with E-state index in [-0.39, 0.29) is 19.3 Å². The van der Waals surface area contributed by atoms with Crippen molar-refractivity contribution in [3.8, 4) is 0 Å². The van der Waals surface area contributed by atoms with Crippen LogP contribution in [-0.4, -0.2) is 26.7 Å². The van der Waals surface area contributed by atoms with Crippen molar-refractivity contribution in [1.29, 1.82) is 0 Å². The molecule has 1 atom stereocenters. The Morgan fingerprint density at radius 2 is 1.90 bits per heavy atom. The molecule has 7 heteroatoms. The van der Waals surface area contributed by atoms with Crippen LogP contribution in [0.15, 0.2) is 4.47 Å². The highest BCUT2D eigenvalue weighted by Gasteiger charge is 2.30. The molecule has 1 heterocycles. The first-order chi connectivity index (χ1) is 9.06. The smallest absolute Gasteiger partial charge is 0.389 e. The van der Waals surface area contributed by atoms with E-state index in [1.807, 2.05) is 13.8 Å². The van der Waals surface area contributed by atoms with Gasteiger partial charge in [-0.05, 0) is 49.5 Å². The van der Waals surface area contributed by atoms with Gasteiger partial charge in [-0.3, -0.25) is 4.68 Å². The van der Waals surface area contributed by atoms with Crippen molar-refractivity contribution < 1.29 is 18.3 Å². The lowest BCUT2D eigenvalue weighted by Gasteiger charge is -2.24. The Labute approximate surface area is 125 Å². The second-order valence-electron chi connectivity index (χ2n) is 5.30. The molecule has 0 amide bonds. The lowest BCUT2D eigenvalue weighted by molar-refractivity contribution is -0.137. The van der Waals surface area contributed by atoms with E-state index in [2.05, 4.69) is 21.0 Å². The van der Waals surface area contributed by atoms with Crippen molar-refractivity contribution in [1.82, 2.24) is 9.78 Å². The van der Waals surface area contributed by atoms with E-state index in [1.165, 1.54) is 0 Å². The van der Waals surface area contributed by atoms with Crippen LogP contribution < -0.4 is 0 Å². The maximum absolute atomic E-state index is 12.1. The van der Waals surface area contributed by atoms with Crippen LogP contribution in [0.25, 0.3) is 0 Å². The first-order valence-electron chi connectivity index (χ1n) is 6.56. The molecule has 0 aromatic carbocycles. The number of halogens is 4. The van der Waals surface area contributed by atoms with Crippen molar-refractivity contribution in [2.75, 3.05) is 0 Å². The van der Waals surface area contributed by atoms with Crippen molar-refractivity contribution in [2.45, 2.75) is 64.8 Å². The zero-order valence-corrected chi connectivity index (χ0v) is 13.5. The quantitative estimate of drug-likeness (QED) is 0.836. The highest BCUT2D eigenvalue weighted by Crippen LogP contribution is 2.29. The predicted octanol–water partition coefficient (Wildman–Crippen LogP) is 4.00. The van der Waals surface area contributed by atoms with Crippen LogP contribution in [0.4, 0.5) is 13.2 Å². The van der Waals surface area contributed by atoms with Gasteiger partial charge in [-0.2, -0.15) is 18.3 Å². The SMILES string of the molecule is CCn1nc(C)c(Br)c1CC(C)(O)CCCC(F)(F)F. The average Bonchev–Trinajstić information content (AvgIpc) is 2.54. The van der Waals surface area contributed by atoms with Gasteiger partial charge in [-0.15, -0.1) is 0 Å². The van der Waals surface area contributed by atoms with Gasteiger partial charge in [-0.1, -0.05) is 0 Å². The van der Waals surface area contributed by atoms with Gasteiger partial charge in [0.05, 0.1) is 21.5 Å². The number of aryl methyl sites for hydroxylation is 2. The molecule has 116 valence electrons.